The average molecular weight is 353 g/mol. The van der Waals surface area contributed by atoms with Crippen LogP contribution < -0.4 is 16.0 Å². The van der Waals surface area contributed by atoms with E-state index in [-0.39, 0.29) is 5.15 Å². The minimum absolute atomic E-state index is 0.275. The molecule has 2 aromatic heterocycles. The van der Waals surface area contributed by atoms with E-state index in [1.165, 1.54) is 0 Å². The molecule has 4 aromatic rings. The normalized spacial score (nSPS) is 11.7. The maximum Gasteiger partial charge on any atom is 0.190 e. The molecule has 0 amide bonds. The van der Waals surface area contributed by atoms with Gasteiger partial charge in [-0.15, -0.1) is 0 Å². The maximum absolute atomic E-state index is 14.4. The van der Waals surface area contributed by atoms with Crippen LogP contribution in [-0.4, -0.2) is 9.38 Å². The average Bonchev–Trinajstić information content (AvgIpc) is 2.99. The summed E-state index contributed by atoms with van der Waals surface area (Å²) in [6, 6.07) is 24.5. The minimum Gasteiger partial charge on any atom is -0.307 e. The molecule has 2 aromatic carbocycles. The van der Waals surface area contributed by atoms with Gasteiger partial charge in [0.2, 0.25) is 0 Å². The Morgan fingerprint density at radius 2 is 1.33 bits per heavy atom. The Balaban J connectivity index is 2.11. The second-order valence-corrected chi connectivity index (χ2v) is 8.47. The van der Waals surface area contributed by atoms with Gasteiger partial charge < -0.3 is 4.57 Å². The summed E-state index contributed by atoms with van der Waals surface area (Å²) in [5.41, 5.74) is 1.22. The van der Waals surface area contributed by atoms with Crippen LogP contribution in [0.25, 0.3) is 5.65 Å². The molecule has 0 radical (unpaired) electrons. The van der Waals surface area contributed by atoms with Crippen molar-refractivity contribution in [3.8, 4) is 0 Å². The number of halogens is 1. The van der Waals surface area contributed by atoms with E-state index in [1.807, 2.05) is 89.5 Å². The lowest BCUT2D eigenvalue weighted by Crippen LogP contribution is -2.28. The van der Waals surface area contributed by atoms with Gasteiger partial charge in [-0.05, 0) is 12.1 Å². The van der Waals surface area contributed by atoms with Gasteiger partial charge in [0.25, 0.3) is 0 Å². The van der Waals surface area contributed by atoms with Crippen molar-refractivity contribution in [1.29, 1.82) is 0 Å². The number of aromatic nitrogens is 2. The van der Waals surface area contributed by atoms with Crippen LogP contribution in [0.1, 0.15) is 0 Å². The molecule has 0 aliphatic heterocycles. The summed E-state index contributed by atoms with van der Waals surface area (Å²) in [6.07, 6.45) is 1.85. The van der Waals surface area contributed by atoms with Crippen molar-refractivity contribution < 1.29 is 4.57 Å². The zero-order valence-corrected chi connectivity index (χ0v) is 14.4. The van der Waals surface area contributed by atoms with Crippen LogP contribution in [0.4, 0.5) is 0 Å². The van der Waals surface area contributed by atoms with Crippen LogP contribution in [-0.2, 0) is 4.57 Å². The highest BCUT2D eigenvalue weighted by Crippen LogP contribution is 2.44. The maximum atomic E-state index is 14.4. The molecule has 0 saturated carbocycles. The van der Waals surface area contributed by atoms with Crippen LogP contribution >= 0.6 is 18.7 Å². The third-order valence-electron chi connectivity index (χ3n) is 4.00. The third kappa shape index (κ3) is 2.29. The summed E-state index contributed by atoms with van der Waals surface area (Å²) < 4.78 is 16.2. The molecule has 0 bridgehead atoms. The van der Waals surface area contributed by atoms with E-state index in [0.29, 0.717) is 11.1 Å². The van der Waals surface area contributed by atoms with Crippen molar-refractivity contribution in [3.05, 3.63) is 90.2 Å². The lowest BCUT2D eigenvalue weighted by molar-refractivity contribution is 0.592. The Kier molecular flexibility index (Phi) is 3.76. The number of hydrogen-bond donors (Lipinski definition) is 0. The number of benzene rings is 2. The summed E-state index contributed by atoms with van der Waals surface area (Å²) in [6.45, 7) is 0. The number of rotatable bonds is 3. The van der Waals surface area contributed by atoms with Crippen LogP contribution in [0.3, 0.4) is 0 Å². The van der Waals surface area contributed by atoms with Gasteiger partial charge in [0, 0.05) is 16.8 Å². The largest absolute Gasteiger partial charge is 0.307 e. The zero-order chi connectivity index (χ0) is 16.6. The van der Waals surface area contributed by atoms with Crippen LogP contribution in [0, 0.1) is 0 Å². The van der Waals surface area contributed by atoms with Crippen molar-refractivity contribution in [1.82, 2.24) is 9.38 Å². The highest BCUT2D eigenvalue weighted by atomic mass is 35.5. The van der Waals surface area contributed by atoms with Gasteiger partial charge in [-0.3, -0.25) is 4.40 Å². The number of fused-ring (bicyclic) bond motifs is 1. The molecule has 0 spiro atoms. The molecule has 0 fully saturated rings. The first-order chi connectivity index (χ1) is 11.7. The molecule has 5 heteroatoms. The molecule has 0 unspecified atom stereocenters. The van der Waals surface area contributed by atoms with E-state index in [1.54, 1.807) is 0 Å². The second kappa shape index (κ2) is 5.94. The lowest BCUT2D eigenvalue weighted by atomic mass is 10.4. The molecule has 24 heavy (non-hydrogen) atoms. The predicted octanol–water partition coefficient (Wildman–Crippen LogP) is 3.63. The molecule has 0 aliphatic carbocycles. The molecule has 118 valence electrons. The number of hydrogen-bond acceptors (Lipinski definition) is 2. The van der Waals surface area contributed by atoms with Crippen molar-refractivity contribution in [2.24, 2.45) is 0 Å². The third-order valence-corrected chi connectivity index (χ3v) is 7.47. The molecule has 4 rings (SSSR count). The number of imidazole rings is 1. The fourth-order valence-electron chi connectivity index (χ4n) is 2.91. The number of pyridine rings is 1. The summed E-state index contributed by atoms with van der Waals surface area (Å²) in [7, 11) is -3.14. The Labute approximate surface area is 144 Å². The van der Waals surface area contributed by atoms with Crippen molar-refractivity contribution >= 4 is 40.4 Å². The first-order valence-electron chi connectivity index (χ1n) is 7.56. The Hall–Kier alpha value is -2.35. The SMILES string of the molecule is O=P(c1ccccc1)(c1ccccc1)c1c(Cl)nc2ccccn12. The van der Waals surface area contributed by atoms with Crippen LogP contribution in [0.15, 0.2) is 85.1 Å². The highest BCUT2D eigenvalue weighted by molar-refractivity contribution is 7.85. The summed E-state index contributed by atoms with van der Waals surface area (Å²) in [5, 5.41) is 1.75. The van der Waals surface area contributed by atoms with Crippen molar-refractivity contribution in [3.63, 3.8) is 0 Å². The van der Waals surface area contributed by atoms with E-state index >= 15 is 0 Å². The zero-order valence-electron chi connectivity index (χ0n) is 12.7. The predicted molar refractivity (Wildman–Crippen MR) is 99.6 cm³/mol. The fraction of sp³-hybridized carbons (Fsp3) is 0. The second-order valence-electron chi connectivity index (χ2n) is 5.44. The standard InChI is InChI=1S/C19H14ClN2OP/c20-18-19(22-14-8-7-13-17(22)21-18)24(23,15-9-3-1-4-10-15)16-11-5-2-6-12-16/h1-14H. The Morgan fingerprint density at radius 1 is 0.792 bits per heavy atom. The van der Waals surface area contributed by atoms with E-state index in [0.717, 1.165) is 10.6 Å². The van der Waals surface area contributed by atoms with Gasteiger partial charge in [-0.25, -0.2) is 4.98 Å². The molecular weight excluding hydrogens is 339 g/mol. The van der Waals surface area contributed by atoms with Crippen molar-refractivity contribution in [2.45, 2.75) is 0 Å². The van der Waals surface area contributed by atoms with E-state index < -0.39 is 7.14 Å². The van der Waals surface area contributed by atoms with Gasteiger partial charge in [0.15, 0.2) is 12.3 Å². The van der Waals surface area contributed by atoms with Crippen LogP contribution in [0.5, 0.6) is 0 Å². The highest BCUT2D eigenvalue weighted by Gasteiger charge is 2.35. The van der Waals surface area contributed by atoms with Crippen molar-refractivity contribution in [2.75, 3.05) is 0 Å². The van der Waals surface area contributed by atoms with Gasteiger partial charge in [-0.1, -0.05) is 78.3 Å². The van der Waals surface area contributed by atoms with E-state index in [9.17, 15) is 4.57 Å². The lowest BCUT2D eigenvalue weighted by Gasteiger charge is -2.19. The molecule has 0 atom stereocenters. The summed E-state index contributed by atoms with van der Waals surface area (Å²) in [4.78, 5) is 4.39. The molecule has 3 nitrogen and oxygen atoms in total. The van der Waals surface area contributed by atoms with Gasteiger partial charge >= 0.3 is 0 Å². The molecular formula is C19H14ClN2OP. The summed E-state index contributed by atoms with van der Waals surface area (Å²) >= 11 is 6.45. The van der Waals surface area contributed by atoms with Gasteiger partial charge in [0.05, 0.1) is 0 Å². The first-order valence-corrected chi connectivity index (χ1v) is 9.64. The molecule has 2 heterocycles. The molecule has 0 aliphatic rings. The molecule has 0 N–H and O–H groups in total. The Morgan fingerprint density at radius 3 is 1.92 bits per heavy atom. The van der Waals surface area contributed by atoms with E-state index in [4.69, 9.17) is 11.6 Å². The van der Waals surface area contributed by atoms with Gasteiger partial charge in [-0.2, -0.15) is 0 Å². The topological polar surface area (TPSA) is 34.4 Å². The molecule has 0 saturated heterocycles. The van der Waals surface area contributed by atoms with Crippen LogP contribution in [0.2, 0.25) is 5.15 Å². The van der Waals surface area contributed by atoms with Gasteiger partial charge in [0.1, 0.15) is 11.1 Å². The first kappa shape index (κ1) is 15.2. The quantitative estimate of drug-likeness (QED) is 0.528. The Bertz CT molecular complexity index is 1000. The number of nitrogens with zero attached hydrogens (tertiary/aromatic N) is 2. The van der Waals surface area contributed by atoms with E-state index in [2.05, 4.69) is 4.98 Å². The summed E-state index contributed by atoms with van der Waals surface area (Å²) in [5.74, 6) is 0. The smallest absolute Gasteiger partial charge is 0.190 e. The monoisotopic (exact) mass is 352 g/mol. The fourth-order valence-corrected chi connectivity index (χ4v) is 6.19. The minimum atomic E-state index is -3.14.